The zero-order valence-electron chi connectivity index (χ0n) is 7.99. The number of carbonyl (C=O) groups is 1. The van der Waals surface area contributed by atoms with Crippen molar-refractivity contribution < 1.29 is 9.53 Å². The highest BCUT2D eigenvalue weighted by atomic mass is 16.5. The number of pyridine rings is 1. The van der Waals surface area contributed by atoms with Gasteiger partial charge in [0.25, 0.3) is 5.91 Å². The van der Waals surface area contributed by atoms with Crippen LogP contribution in [0.15, 0.2) is 18.3 Å². The van der Waals surface area contributed by atoms with Gasteiger partial charge in [0.1, 0.15) is 12.4 Å². The normalized spacial score (nSPS) is 9.86. The number of hydrogen-bond acceptors (Lipinski definition) is 4. The summed E-state index contributed by atoms with van der Waals surface area (Å²) in [6.45, 7) is 0.358. The van der Waals surface area contributed by atoms with Gasteiger partial charge >= 0.3 is 0 Å². The number of ether oxygens (including phenoxy) is 1. The van der Waals surface area contributed by atoms with Crippen LogP contribution in [0.3, 0.4) is 0 Å². The standard InChI is InChI=1S/C9H13N3O2/c1-14-6-8(13)12-9-7(5-10)3-2-4-11-9/h2-4H,5-6,10H2,1H3,(H,11,12,13). The summed E-state index contributed by atoms with van der Waals surface area (Å²) in [5.74, 6) is 0.262. The molecule has 14 heavy (non-hydrogen) atoms. The molecule has 0 unspecified atom stereocenters. The van der Waals surface area contributed by atoms with Gasteiger partial charge in [-0.15, -0.1) is 0 Å². The largest absolute Gasteiger partial charge is 0.375 e. The molecular weight excluding hydrogens is 182 g/mol. The molecule has 1 aromatic heterocycles. The lowest BCUT2D eigenvalue weighted by atomic mass is 10.2. The highest BCUT2D eigenvalue weighted by molar-refractivity contribution is 5.91. The van der Waals surface area contributed by atoms with E-state index in [0.29, 0.717) is 12.4 Å². The molecule has 0 radical (unpaired) electrons. The van der Waals surface area contributed by atoms with E-state index in [1.54, 1.807) is 12.3 Å². The Kier molecular flexibility index (Phi) is 4.03. The van der Waals surface area contributed by atoms with Gasteiger partial charge in [-0.1, -0.05) is 6.07 Å². The monoisotopic (exact) mass is 195 g/mol. The van der Waals surface area contributed by atoms with E-state index >= 15 is 0 Å². The van der Waals surface area contributed by atoms with Crippen LogP contribution < -0.4 is 11.1 Å². The van der Waals surface area contributed by atoms with Gasteiger partial charge < -0.3 is 15.8 Å². The topological polar surface area (TPSA) is 77.2 Å². The average Bonchev–Trinajstić information content (AvgIpc) is 2.19. The SMILES string of the molecule is COCC(=O)Nc1ncccc1CN. The Labute approximate surface area is 82.3 Å². The number of anilines is 1. The van der Waals surface area contributed by atoms with Gasteiger partial charge in [0.15, 0.2) is 0 Å². The van der Waals surface area contributed by atoms with Crippen LogP contribution in [0, 0.1) is 0 Å². The van der Waals surface area contributed by atoms with Crippen LogP contribution in [-0.2, 0) is 16.1 Å². The van der Waals surface area contributed by atoms with Crippen molar-refractivity contribution in [2.24, 2.45) is 5.73 Å². The summed E-state index contributed by atoms with van der Waals surface area (Å²) in [5, 5.41) is 2.61. The molecule has 0 saturated carbocycles. The predicted octanol–water partition coefficient (Wildman–Crippen LogP) is 0.125. The van der Waals surface area contributed by atoms with Crippen molar-refractivity contribution >= 4 is 11.7 Å². The fourth-order valence-corrected chi connectivity index (χ4v) is 1.02. The highest BCUT2D eigenvalue weighted by Gasteiger charge is 2.05. The highest BCUT2D eigenvalue weighted by Crippen LogP contribution is 2.09. The van der Waals surface area contributed by atoms with E-state index < -0.39 is 0 Å². The van der Waals surface area contributed by atoms with E-state index in [4.69, 9.17) is 5.73 Å². The minimum Gasteiger partial charge on any atom is -0.375 e. The number of nitrogens with zero attached hydrogens (tertiary/aromatic N) is 1. The first-order valence-corrected chi connectivity index (χ1v) is 4.20. The predicted molar refractivity (Wildman–Crippen MR) is 52.6 cm³/mol. The summed E-state index contributed by atoms with van der Waals surface area (Å²) >= 11 is 0. The summed E-state index contributed by atoms with van der Waals surface area (Å²) in [5.41, 5.74) is 6.28. The van der Waals surface area contributed by atoms with Crippen LogP contribution in [0.2, 0.25) is 0 Å². The molecule has 0 atom stereocenters. The summed E-state index contributed by atoms with van der Waals surface area (Å²) in [6.07, 6.45) is 1.60. The first-order chi connectivity index (χ1) is 6.77. The van der Waals surface area contributed by atoms with Crippen molar-refractivity contribution in [3.8, 4) is 0 Å². The maximum absolute atomic E-state index is 11.2. The summed E-state index contributed by atoms with van der Waals surface area (Å²) in [4.78, 5) is 15.2. The minimum atomic E-state index is -0.235. The lowest BCUT2D eigenvalue weighted by Gasteiger charge is -2.07. The Morgan fingerprint density at radius 3 is 3.14 bits per heavy atom. The maximum Gasteiger partial charge on any atom is 0.251 e. The van der Waals surface area contributed by atoms with E-state index in [-0.39, 0.29) is 12.5 Å². The molecule has 0 aliphatic carbocycles. The van der Waals surface area contributed by atoms with Crippen LogP contribution in [0.5, 0.6) is 0 Å². The molecule has 1 amide bonds. The molecule has 0 bridgehead atoms. The van der Waals surface area contributed by atoms with Gasteiger partial charge in [0, 0.05) is 25.4 Å². The Morgan fingerprint density at radius 1 is 1.71 bits per heavy atom. The number of nitrogens with one attached hydrogen (secondary N) is 1. The summed E-state index contributed by atoms with van der Waals surface area (Å²) in [6, 6.07) is 3.59. The molecule has 0 spiro atoms. The van der Waals surface area contributed by atoms with Crippen molar-refractivity contribution in [3.05, 3.63) is 23.9 Å². The second-order valence-corrected chi connectivity index (χ2v) is 2.70. The smallest absolute Gasteiger partial charge is 0.251 e. The first-order valence-electron chi connectivity index (χ1n) is 4.20. The van der Waals surface area contributed by atoms with Crippen molar-refractivity contribution in [3.63, 3.8) is 0 Å². The summed E-state index contributed by atoms with van der Waals surface area (Å²) in [7, 11) is 1.46. The molecule has 0 aliphatic rings. The third-order valence-corrected chi connectivity index (χ3v) is 1.64. The third-order valence-electron chi connectivity index (χ3n) is 1.64. The second kappa shape index (κ2) is 5.31. The van der Waals surface area contributed by atoms with E-state index in [2.05, 4.69) is 15.0 Å². The number of amides is 1. The number of rotatable bonds is 4. The molecule has 5 heteroatoms. The summed E-state index contributed by atoms with van der Waals surface area (Å²) < 4.78 is 4.68. The average molecular weight is 195 g/mol. The fraction of sp³-hybridized carbons (Fsp3) is 0.333. The first kappa shape index (κ1) is 10.6. The van der Waals surface area contributed by atoms with E-state index in [9.17, 15) is 4.79 Å². The molecule has 1 aromatic rings. The molecule has 0 aromatic carbocycles. The molecule has 3 N–H and O–H groups in total. The van der Waals surface area contributed by atoms with Crippen LogP contribution in [0.25, 0.3) is 0 Å². The quantitative estimate of drug-likeness (QED) is 0.715. The number of nitrogens with two attached hydrogens (primary N) is 1. The molecule has 76 valence electrons. The van der Waals surface area contributed by atoms with Crippen molar-refractivity contribution in [2.75, 3.05) is 19.0 Å². The van der Waals surface area contributed by atoms with Gasteiger partial charge in [0.2, 0.25) is 0 Å². The van der Waals surface area contributed by atoms with Gasteiger partial charge in [-0.05, 0) is 6.07 Å². The Balaban J connectivity index is 2.70. The molecule has 1 rings (SSSR count). The molecule has 0 aliphatic heterocycles. The van der Waals surface area contributed by atoms with Crippen molar-refractivity contribution in [2.45, 2.75) is 6.54 Å². The number of hydrogen-bond donors (Lipinski definition) is 2. The molecule has 5 nitrogen and oxygen atoms in total. The van der Waals surface area contributed by atoms with Crippen molar-refractivity contribution in [1.82, 2.24) is 4.98 Å². The lowest BCUT2D eigenvalue weighted by molar-refractivity contribution is -0.119. The number of methoxy groups -OCH3 is 1. The van der Waals surface area contributed by atoms with E-state index in [1.165, 1.54) is 7.11 Å². The van der Waals surface area contributed by atoms with E-state index in [1.807, 2.05) is 6.07 Å². The second-order valence-electron chi connectivity index (χ2n) is 2.70. The van der Waals surface area contributed by atoms with Gasteiger partial charge in [0.05, 0.1) is 0 Å². The van der Waals surface area contributed by atoms with Crippen molar-refractivity contribution in [1.29, 1.82) is 0 Å². The Morgan fingerprint density at radius 2 is 2.50 bits per heavy atom. The number of aromatic nitrogens is 1. The lowest BCUT2D eigenvalue weighted by Crippen LogP contribution is -2.19. The van der Waals surface area contributed by atoms with Crippen LogP contribution >= 0.6 is 0 Å². The zero-order valence-corrected chi connectivity index (χ0v) is 7.99. The Bertz CT molecular complexity index is 315. The van der Waals surface area contributed by atoms with Crippen LogP contribution in [0.4, 0.5) is 5.82 Å². The van der Waals surface area contributed by atoms with Gasteiger partial charge in [-0.3, -0.25) is 4.79 Å². The fourth-order valence-electron chi connectivity index (χ4n) is 1.02. The van der Waals surface area contributed by atoms with Gasteiger partial charge in [-0.2, -0.15) is 0 Å². The van der Waals surface area contributed by atoms with Gasteiger partial charge in [-0.25, -0.2) is 4.98 Å². The Hall–Kier alpha value is -1.46. The molecule has 0 saturated heterocycles. The minimum absolute atomic E-state index is 0.0145. The van der Waals surface area contributed by atoms with Crippen LogP contribution in [0.1, 0.15) is 5.56 Å². The molecule has 1 heterocycles. The van der Waals surface area contributed by atoms with E-state index in [0.717, 1.165) is 5.56 Å². The number of carbonyl (C=O) groups excluding carboxylic acids is 1. The zero-order chi connectivity index (χ0) is 10.4. The molecule has 0 fully saturated rings. The molecular formula is C9H13N3O2. The third kappa shape index (κ3) is 2.79. The maximum atomic E-state index is 11.2. The van der Waals surface area contributed by atoms with Crippen LogP contribution in [-0.4, -0.2) is 24.6 Å².